The third kappa shape index (κ3) is 7.39. The molecule has 272 valence electrons. The molecule has 2 heterocycles. The van der Waals surface area contributed by atoms with Crippen molar-refractivity contribution in [3.63, 3.8) is 0 Å². The van der Waals surface area contributed by atoms with Gasteiger partial charge < -0.3 is 19.1 Å². The molecule has 1 aliphatic heterocycles. The number of aromatic nitrogens is 1. The number of piperazine rings is 1. The maximum Gasteiger partial charge on any atom is 0.502 e. The minimum atomic E-state index is -5.83. The number of nitrogens with zero attached hydrogens (tertiary/aromatic N) is 3. The van der Waals surface area contributed by atoms with E-state index in [1.165, 1.54) is 6.07 Å². The number of rotatable bonds is 10. The van der Waals surface area contributed by atoms with E-state index in [1.54, 1.807) is 0 Å². The minimum absolute atomic E-state index is 0.102. The number of benzene rings is 4. The first-order valence-electron chi connectivity index (χ1n) is 16.4. The number of carbonyl (C=O) groups is 1. The molecule has 0 amide bonds. The van der Waals surface area contributed by atoms with E-state index in [-0.39, 0.29) is 10.9 Å². The molecule has 0 spiro atoms. The van der Waals surface area contributed by atoms with Gasteiger partial charge in [-0.25, -0.2) is 12.8 Å². The lowest BCUT2D eigenvalue weighted by atomic mass is 9.96. The molecule has 1 N–H and O–H groups in total. The van der Waals surface area contributed by atoms with Gasteiger partial charge in [-0.2, -0.15) is 13.2 Å². The molecule has 6 rings (SSSR count). The van der Waals surface area contributed by atoms with E-state index in [2.05, 4.69) is 45.1 Å². The summed E-state index contributed by atoms with van der Waals surface area (Å²) in [4.78, 5) is 15.8. The van der Waals surface area contributed by atoms with E-state index in [9.17, 15) is 30.8 Å². The molecule has 52 heavy (non-hydrogen) atoms. The summed E-state index contributed by atoms with van der Waals surface area (Å²) in [7, 11) is -5.83. The van der Waals surface area contributed by atoms with E-state index in [1.807, 2.05) is 67.6 Å². The van der Waals surface area contributed by atoms with E-state index >= 15 is 0 Å². The van der Waals surface area contributed by atoms with Crippen LogP contribution < -0.4 is 14.5 Å². The molecular weight excluding hydrogens is 736 g/mol. The highest BCUT2D eigenvalue weighted by Gasteiger charge is 2.48. The van der Waals surface area contributed by atoms with Gasteiger partial charge in [0.25, 0.3) is 9.84 Å². The summed E-state index contributed by atoms with van der Waals surface area (Å²) in [6.45, 7) is 9.19. The molecule has 1 aliphatic rings. The van der Waals surface area contributed by atoms with Crippen molar-refractivity contribution in [1.29, 1.82) is 0 Å². The van der Waals surface area contributed by atoms with Crippen LogP contribution in [0.25, 0.3) is 22.4 Å². The van der Waals surface area contributed by atoms with E-state index < -0.39 is 26.1 Å². The predicted molar refractivity (Wildman–Crippen MR) is 201 cm³/mol. The first-order chi connectivity index (χ1) is 24.7. The standard InChI is InChI=1S/C38H35ClF4N4O3S2/c1-24(2)47-25(3)33(23-48)36(37(47)26-7-9-28(39)10-8-26)27-5-4-6-31(21-27)46-19-17-45(18-20-46)30-13-11-29(12-14-30)44-51-32-15-16-34(40)35(22-32)52(49,50)38(41,42)43/h4-16,21-24,44H,17-20H2,1-3H3. The van der Waals surface area contributed by atoms with Gasteiger partial charge in [0.2, 0.25) is 0 Å². The van der Waals surface area contributed by atoms with E-state index in [0.717, 1.165) is 83.9 Å². The van der Waals surface area contributed by atoms with E-state index in [0.29, 0.717) is 28.4 Å². The Morgan fingerprint density at radius 1 is 0.846 bits per heavy atom. The first-order valence-corrected chi connectivity index (χ1v) is 19.1. The molecule has 5 aromatic rings. The summed E-state index contributed by atoms with van der Waals surface area (Å²) in [5.41, 5.74) is 2.41. The van der Waals surface area contributed by atoms with Crippen molar-refractivity contribution in [3.05, 3.63) is 113 Å². The number of hydrogen-bond acceptors (Lipinski definition) is 7. The second-order valence-corrected chi connectivity index (χ2v) is 15.9. The number of sulfone groups is 1. The number of anilines is 3. The molecule has 0 bridgehead atoms. The molecule has 0 radical (unpaired) electrons. The van der Waals surface area contributed by atoms with Gasteiger partial charge in [-0.3, -0.25) is 4.79 Å². The SMILES string of the molecule is Cc1c(C=O)c(-c2cccc(N3CCN(c4ccc(NSc5ccc(F)c(S(=O)(=O)C(F)(F)F)c5)cc4)CC3)c2)c(-c2ccc(Cl)cc2)n1C(C)C. The molecular formula is C38H35ClF4N4O3S2. The summed E-state index contributed by atoms with van der Waals surface area (Å²) in [6, 6.07) is 26.1. The molecule has 0 saturated carbocycles. The van der Waals surface area contributed by atoms with Crippen molar-refractivity contribution in [2.45, 2.75) is 42.1 Å². The minimum Gasteiger partial charge on any atom is -0.368 e. The van der Waals surface area contributed by atoms with Gasteiger partial charge in [0, 0.05) is 76.0 Å². The fraction of sp³-hybridized carbons (Fsp3) is 0.237. The van der Waals surface area contributed by atoms with Crippen molar-refractivity contribution in [1.82, 2.24) is 4.57 Å². The van der Waals surface area contributed by atoms with Crippen LogP contribution in [0.1, 0.15) is 35.9 Å². The van der Waals surface area contributed by atoms with Crippen LogP contribution in [0.2, 0.25) is 5.02 Å². The Morgan fingerprint density at radius 3 is 2.08 bits per heavy atom. The van der Waals surface area contributed by atoms with Crippen LogP contribution in [0, 0.1) is 12.7 Å². The first kappa shape index (κ1) is 37.3. The molecule has 14 heteroatoms. The van der Waals surface area contributed by atoms with E-state index in [4.69, 9.17) is 11.6 Å². The monoisotopic (exact) mass is 770 g/mol. The molecule has 0 unspecified atom stereocenters. The number of halogens is 5. The third-order valence-corrected chi connectivity index (χ3v) is 11.6. The molecule has 7 nitrogen and oxygen atoms in total. The largest absolute Gasteiger partial charge is 0.502 e. The van der Waals surface area contributed by atoms with Crippen LogP contribution in [0.15, 0.2) is 101 Å². The normalized spacial score (nSPS) is 13.9. The quantitative estimate of drug-likeness (QED) is 0.0861. The van der Waals surface area contributed by atoms with Gasteiger partial charge in [0.1, 0.15) is 10.7 Å². The van der Waals surface area contributed by atoms with Gasteiger partial charge in [-0.15, -0.1) is 0 Å². The summed E-state index contributed by atoms with van der Waals surface area (Å²) in [5.74, 6) is -1.47. The average molecular weight is 771 g/mol. The summed E-state index contributed by atoms with van der Waals surface area (Å²) in [6.07, 6.45) is 0.942. The molecule has 0 atom stereocenters. The highest BCUT2D eigenvalue weighted by Crippen LogP contribution is 2.42. The summed E-state index contributed by atoms with van der Waals surface area (Å²) in [5, 5.41) is 0.639. The fourth-order valence-electron chi connectivity index (χ4n) is 6.52. The highest BCUT2D eigenvalue weighted by molar-refractivity contribution is 8.00. The van der Waals surface area contributed by atoms with Crippen molar-refractivity contribution < 1.29 is 30.8 Å². The second-order valence-electron chi connectivity index (χ2n) is 12.6. The molecule has 4 aromatic carbocycles. The van der Waals surface area contributed by atoms with Crippen LogP contribution in [0.4, 0.5) is 34.6 Å². The lowest BCUT2D eigenvalue weighted by Gasteiger charge is -2.37. The Hall–Kier alpha value is -4.46. The maximum absolute atomic E-state index is 14.0. The zero-order valence-electron chi connectivity index (χ0n) is 28.4. The smallest absolute Gasteiger partial charge is 0.368 e. The fourth-order valence-corrected chi connectivity index (χ4v) is 8.26. The Morgan fingerprint density at radius 2 is 1.48 bits per heavy atom. The number of nitrogens with one attached hydrogen (secondary N) is 1. The Labute approximate surface area is 309 Å². The third-order valence-electron chi connectivity index (χ3n) is 9.05. The molecule has 1 fully saturated rings. The number of aldehydes is 1. The molecule has 1 saturated heterocycles. The van der Waals surface area contributed by atoms with Gasteiger partial charge in [0.15, 0.2) is 6.29 Å². The average Bonchev–Trinajstić information content (AvgIpc) is 3.43. The summed E-state index contributed by atoms with van der Waals surface area (Å²) >= 11 is 7.09. The Balaban J connectivity index is 1.15. The van der Waals surface area contributed by atoms with Crippen LogP contribution in [0.5, 0.6) is 0 Å². The van der Waals surface area contributed by atoms with Gasteiger partial charge in [0.05, 0.1) is 5.69 Å². The molecule has 1 aromatic heterocycles. The number of carbonyl (C=O) groups excluding carboxylic acids is 1. The van der Waals surface area contributed by atoms with Crippen molar-refractivity contribution in [2.75, 3.05) is 40.7 Å². The van der Waals surface area contributed by atoms with Crippen LogP contribution in [0.3, 0.4) is 0 Å². The van der Waals surface area contributed by atoms with Crippen LogP contribution >= 0.6 is 23.5 Å². The Bertz CT molecular complexity index is 2200. The van der Waals surface area contributed by atoms with Gasteiger partial charge >= 0.3 is 5.51 Å². The highest BCUT2D eigenvalue weighted by atomic mass is 35.5. The van der Waals surface area contributed by atoms with Crippen LogP contribution in [-0.2, 0) is 9.84 Å². The van der Waals surface area contributed by atoms with Crippen molar-refractivity contribution in [3.8, 4) is 22.4 Å². The Kier molecular flexibility index (Phi) is 10.7. The lowest BCUT2D eigenvalue weighted by Crippen LogP contribution is -2.46. The number of hydrogen-bond donors (Lipinski definition) is 1. The van der Waals surface area contributed by atoms with Crippen molar-refractivity contribution >= 4 is 56.7 Å². The van der Waals surface area contributed by atoms with Crippen LogP contribution in [-0.4, -0.2) is 51.0 Å². The van der Waals surface area contributed by atoms with Gasteiger partial charge in [-0.05, 0) is 111 Å². The predicted octanol–water partition coefficient (Wildman–Crippen LogP) is 10.1. The maximum atomic E-state index is 14.0. The lowest BCUT2D eigenvalue weighted by molar-refractivity contribution is -0.0437. The number of alkyl halides is 3. The molecule has 0 aliphatic carbocycles. The zero-order chi connectivity index (χ0) is 37.4. The second kappa shape index (κ2) is 14.9. The summed E-state index contributed by atoms with van der Waals surface area (Å²) < 4.78 is 81.7. The van der Waals surface area contributed by atoms with Gasteiger partial charge in [-0.1, -0.05) is 35.9 Å². The van der Waals surface area contributed by atoms with Crippen molar-refractivity contribution in [2.24, 2.45) is 0 Å². The topological polar surface area (TPSA) is 74.7 Å². The zero-order valence-corrected chi connectivity index (χ0v) is 30.8.